The van der Waals surface area contributed by atoms with Crippen molar-refractivity contribution < 1.29 is 28.6 Å². The molecule has 0 amide bonds. The van der Waals surface area contributed by atoms with E-state index in [9.17, 15) is 14.4 Å². The molecule has 0 aliphatic heterocycles. The maximum atomic E-state index is 12.8. The topological polar surface area (TPSA) is 78.9 Å². The van der Waals surface area contributed by atoms with Crippen molar-refractivity contribution in [3.63, 3.8) is 0 Å². The molecule has 342 valence electrons. The minimum absolute atomic E-state index is 0.104. The first-order valence-corrected chi connectivity index (χ1v) is 24.7. The Morgan fingerprint density at radius 3 is 1.13 bits per heavy atom. The van der Waals surface area contributed by atoms with Gasteiger partial charge in [0.25, 0.3) is 0 Å². The van der Waals surface area contributed by atoms with Gasteiger partial charge in [0.1, 0.15) is 13.2 Å². The summed E-state index contributed by atoms with van der Waals surface area (Å²) in [4.78, 5) is 37.9. The first kappa shape index (κ1) is 56.6. The molecule has 0 rings (SSSR count). The molecule has 6 heteroatoms. The highest BCUT2D eigenvalue weighted by Gasteiger charge is 2.19. The summed E-state index contributed by atoms with van der Waals surface area (Å²) in [6, 6.07) is 0. The molecule has 60 heavy (non-hydrogen) atoms. The van der Waals surface area contributed by atoms with Crippen molar-refractivity contribution in [2.75, 3.05) is 13.2 Å². The third kappa shape index (κ3) is 45.7. The van der Waals surface area contributed by atoms with Gasteiger partial charge in [-0.1, -0.05) is 228 Å². The molecule has 0 heterocycles. The molecule has 0 bridgehead atoms. The van der Waals surface area contributed by atoms with Crippen LogP contribution in [0.2, 0.25) is 0 Å². The predicted molar refractivity (Wildman–Crippen MR) is 256 cm³/mol. The minimum Gasteiger partial charge on any atom is -0.462 e. The average Bonchev–Trinajstić information content (AvgIpc) is 3.24. The zero-order chi connectivity index (χ0) is 43.7. The van der Waals surface area contributed by atoms with Crippen molar-refractivity contribution in [2.45, 2.75) is 226 Å². The Kier molecular flexibility index (Phi) is 45.5. The van der Waals surface area contributed by atoms with Gasteiger partial charge in [0.05, 0.1) is 0 Å². The molecule has 0 saturated carbocycles. The fraction of sp³-hybridized carbons (Fsp3) is 0.685. The summed E-state index contributed by atoms with van der Waals surface area (Å²) in [5, 5.41) is 0. The zero-order valence-corrected chi connectivity index (χ0v) is 38.9. The molecular formula is C54H90O6. The number of rotatable bonds is 43. The van der Waals surface area contributed by atoms with Gasteiger partial charge in [-0.25, -0.2) is 0 Å². The summed E-state index contributed by atoms with van der Waals surface area (Å²) in [6.07, 6.45) is 61.4. The number of unbranched alkanes of at least 4 members (excludes halogenated alkanes) is 23. The Bertz CT molecular complexity index is 1190. The van der Waals surface area contributed by atoms with E-state index in [1.807, 2.05) is 54.7 Å². The fourth-order valence-electron chi connectivity index (χ4n) is 6.58. The van der Waals surface area contributed by atoms with Crippen LogP contribution in [0.25, 0.3) is 0 Å². The highest BCUT2D eigenvalue weighted by Crippen LogP contribution is 2.15. The number of hydrogen-bond donors (Lipinski definition) is 0. The Balaban J connectivity index is 4.50. The van der Waals surface area contributed by atoms with E-state index in [-0.39, 0.29) is 37.5 Å². The van der Waals surface area contributed by atoms with E-state index < -0.39 is 6.10 Å². The van der Waals surface area contributed by atoms with Gasteiger partial charge in [-0.05, 0) is 57.8 Å². The van der Waals surface area contributed by atoms with E-state index in [4.69, 9.17) is 14.2 Å². The molecule has 1 atom stereocenters. The lowest BCUT2D eigenvalue weighted by Gasteiger charge is -2.18. The summed E-state index contributed by atoms with van der Waals surface area (Å²) in [7, 11) is 0. The quantitative estimate of drug-likeness (QED) is 0.0263. The van der Waals surface area contributed by atoms with E-state index in [2.05, 4.69) is 51.2 Å². The molecule has 0 N–H and O–H groups in total. The van der Waals surface area contributed by atoms with Gasteiger partial charge in [0.15, 0.2) is 6.10 Å². The van der Waals surface area contributed by atoms with Crippen LogP contribution in [0.3, 0.4) is 0 Å². The molecule has 0 aromatic rings. The smallest absolute Gasteiger partial charge is 0.306 e. The van der Waals surface area contributed by atoms with Crippen molar-refractivity contribution in [3.8, 4) is 0 Å². The first-order valence-electron chi connectivity index (χ1n) is 24.7. The van der Waals surface area contributed by atoms with E-state index >= 15 is 0 Å². The van der Waals surface area contributed by atoms with Gasteiger partial charge in [0, 0.05) is 19.3 Å². The van der Waals surface area contributed by atoms with Gasteiger partial charge in [-0.3, -0.25) is 14.4 Å². The maximum Gasteiger partial charge on any atom is 0.306 e. The Morgan fingerprint density at radius 2 is 0.667 bits per heavy atom. The molecule has 0 aromatic heterocycles. The van der Waals surface area contributed by atoms with Gasteiger partial charge in [-0.2, -0.15) is 0 Å². The second-order valence-corrected chi connectivity index (χ2v) is 16.1. The molecule has 0 spiro atoms. The minimum atomic E-state index is -0.807. The zero-order valence-electron chi connectivity index (χ0n) is 38.9. The fourth-order valence-corrected chi connectivity index (χ4v) is 6.58. The largest absolute Gasteiger partial charge is 0.462 e. The van der Waals surface area contributed by atoms with Crippen LogP contribution < -0.4 is 0 Å². The molecule has 0 aromatic carbocycles. The molecule has 0 aliphatic carbocycles. The monoisotopic (exact) mass is 835 g/mol. The lowest BCUT2D eigenvalue weighted by atomic mass is 10.0. The molecule has 0 radical (unpaired) electrons. The number of ether oxygens (including phenoxy) is 3. The van der Waals surface area contributed by atoms with Crippen LogP contribution in [-0.4, -0.2) is 37.2 Å². The average molecular weight is 835 g/mol. The van der Waals surface area contributed by atoms with Crippen molar-refractivity contribution in [1.82, 2.24) is 0 Å². The summed E-state index contributed by atoms with van der Waals surface area (Å²) in [6.45, 7) is 6.38. The summed E-state index contributed by atoms with van der Waals surface area (Å²) >= 11 is 0. The van der Waals surface area contributed by atoms with E-state index in [0.717, 1.165) is 57.8 Å². The summed E-state index contributed by atoms with van der Waals surface area (Å²) in [5.41, 5.74) is 0. The molecule has 0 aliphatic rings. The van der Waals surface area contributed by atoms with Crippen molar-refractivity contribution in [1.29, 1.82) is 0 Å². The lowest BCUT2D eigenvalue weighted by Crippen LogP contribution is -2.30. The highest BCUT2D eigenvalue weighted by atomic mass is 16.6. The first-order chi connectivity index (χ1) is 29.5. The normalized spacial score (nSPS) is 12.8. The molecule has 6 nitrogen and oxygen atoms in total. The number of allylic oxidation sites excluding steroid dienone is 14. The number of carbonyl (C=O) groups excluding carboxylic acids is 3. The Morgan fingerprint density at radius 1 is 0.350 bits per heavy atom. The van der Waals surface area contributed by atoms with Crippen LogP contribution in [0, 0.1) is 0 Å². The third-order valence-electron chi connectivity index (χ3n) is 10.3. The Hall–Kier alpha value is -3.41. The van der Waals surface area contributed by atoms with Crippen LogP contribution in [0.5, 0.6) is 0 Å². The van der Waals surface area contributed by atoms with Crippen molar-refractivity contribution in [3.05, 3.63) is 85.1 Å². The van der Waals surface area contributed by atoms with E-state index in [1.165, 1.54) is 116 Å². The van der Waals surface area contributed by atoms with Crippen LogP contribution in [0.4, 0.5) is 0 Å². The van der Waals surface area contributed by atoms with Gasteiger partial charge in [-0.15, -0.1) is 0 Å². The molecule has 1 unspecified atom stereocenters. The van der Waals surface area contributed by atoms with Gasteiger partial charge < -0.3 is 14.2 Å². The van der Waals surface area contributed by atoms with E-state index in [0.29, 0.717) is 19.3 Å². The van der Waals surface area contributed by atoms with Gasteiger partial charge >= 0.3 is 17.9 Å². The highest BCUT2D eigenvalue weighted by molar-refractivity contribution is 5.71. The van der Waals surface area contributed by atoms with Crippen molar-refractivity contribution in [2.24, 2.45) is 0 Å². The molecule has 0 fully saturated rings. The van der Waals surface area contributed by atoms with Crippen molar-refractivity contribution >= 4 is 17.9 Å². The predicted octanol–water partition coefficient (Wildman–Crippen LogP) is 16.0. The SMILES string of the molecule is CC\C=C/C=C\C=C/C=C\C=C/CCCC(=O)OCC(COC(=O)CCCCCCCC/C=C\C=C/CCCCC)OC(=O)CCCCCCCCCCCCCCCC. The standard InChI is InChI=1S/C54H90O6/c1-4-7-10-13-16-19-22-25-27-30-32-35-38-41-44-47-53(56)59-50-51(49-58-52(55)46-43-40-37-34-31-28-24-21-18-15-12-9-6-3)60-54(57)48-45-42-39-36-33-29-26-23-20-17-14-11-8-5-2/h9,12,15-16,18-19,21-22,24-25,28,31,34,37,51H,4-8,10-11,13-14,17,20,23,26-27,29-30,32-33,35-36,38-50H2,1-3H3/b12-9-,18-15-,19-16-,24-21-,25-22-,31-28-,37-34-. The second-order valence-electron chi connectivity index (χ2n) is 16.1. The summed E-state index contributed by atoms with van der Waals surface area (Å²) in [5.74, 6) is -0.993. The van der Waals surface area contributed by atoms with E-state index in [1.54, 1.807) is 0 Å². The van der Waals surface area contributed by atoms with Gasteiger partial charge in [0.2, 0.25) is 0 Å². The number of esters is 3. The van der Waals surface area contributed by atoms with Crippen LogP contribution in [0.1, 0.15) is 220 Å². The summed E-state index contributed by atoms with van der Waals surface area (Å²) < 4.78 is 16.7. The number of hydrogen-bond acceptors (Lipinski definition) is 6. The Labute approximate surface area is 369 Å². The van der Waals surface area contributed by atoms with Crippen LogP contribution in [-0.2, 0) is 28.6 Å². The maximum absolute atomic E-state index is 12.8. The third-order valence-corrected chi connectivity index (χ3v) is 10.3. The lowest BCUT2D eigenvalue weighted by molar-refractivity contribution is -0.167. The molecular weight excluding hydrogens is 745 g/mol. The van der Waals surface area contributed by atoms with Crippen LogP contribution in [0.15, 0.2) is 85.1 Å². The number of carbonyl (C=O) groups is 3. The van der Waals surface area contributed by atoms with Crippen LogP contribution >= 0.6 is 0 Å². The second kappa shape index (κ2) is 48.3. The molecule has 0 saturated heterocycles.